The maximum absolute atomic E-state index is 5.31. The molecule has 1 heterocycles. The van der Waals surface area contributed by atoms with Gasteiger partial charge in [-0.3, -0.25) is 0 Å². The predicted molar refractivity (Wildman–Crippen MR) is 290 cm³/mol. The Kier molecular flexibility index (Phi) is 10.5. The van der Waals surface area contributed by atoms with Crippen LogP contribution in [0.25, 0.3) is 66.7 Å². The fourth-order valence-electron chi connectivity index (χ4n) is 10.3. The molecule has 3 nitrogen and oxygen atoms in total. The van der Waals surface area contributed by atoms with Crippen LogP contribution in [0, 0.1) is 0 Å². The Morgan fingerprint density at radius 3 is 1.38 bits per heavy atom. The second-order valence-electron chi connectivity index (χ2n) is 18.4. The molecule has 328 valence electrons. The molecule has 0 N–H and O–H groups in total. The van der Waals surface area contributed by atoms with Gasteiger partial charge in [0.05, 0.1) is 11.2 Å². The molecule has 0 atom stereocenters. The van der Waals surface area contributed by atoms with Gasteiger partial charge in [0, 0.05) is 56.1 Å². The van der Waals surface area contributed by atoms with E-state index in [0.717, 1.165) is 67.4 Å². The molecule has 1 aliphatic rings. The summed E-state index contributed by atoms with van der Waals surface area (Å²) >= 11 is 0. The summed E-state index contributed by atoms with van der Waals surface area (Å²) in [6, 6.07) is 94.0. The van der Waals surface area contributed by atoms with E-state index in [1.807, 2.05) is 0 Å². The third-order valence-corrected chi connectivity index (χ3v) is 13.8. The summed E-state index contributed by atoms with van der Waals surface area (Å²) < 4.78 is 0. The van der Waals surface area contributed by atoms with E-state index in [0.29, 0.717) is 0 Å². The SMILES string of the molecule is CC1(C)c2ccccc2-c2ccc(N(c3ccc(-c4ccc(-c5ccccc5)cc4)cc3)c3ccc(N(c4ccccc4)c4cccc(-c5nc6ccccc6cc5-c5ccccc5)c4)cc3)cc21. The first-order chi connectivity index (χ1) is 34.0. The number of rotatable bonds is 10. The summed E-state index contributed by atoms with van der Waals surface area (Å²) in [6.07, 6.45) is 0. The summed E-state index contributed by atoms with van der Waals surface area (Å²) in [5.41, 5.74) is 21.7. The van der Waals surface area contributed by atoms with Gasteiger partial charge in [-0.25, -0.2) is 4.98 Å². The molecule has 1 aliphatic carbocycles. The van der Waals surface area contributed by atoms with Gasteiger partial charge in [-0.05, 0) is 135 Å². The minimum Gasteiger partial charge on any atom is -0.310 e. The molecule has 0 spiro atoms. The Balaban J connectivity index is 0.943. The lowest BCUT2D eigenvalue weighted by molar-refractivity contribution is 0.660. The molecule has 0 saturated carbocycles. The molecule has 0 unspecified atom stereocenters. The molecule has 69 heavy (non-hydrogen) atoms. The van der Waals surface area contributed by atoms with Gasteiger partial charge in [-0.1, -0.05) is 190 Å². The molecule has 0 bridgehead atoms. The lowest BCUT2D eigenvalue weighted by atomic mass is 9.82. The topological polar surface area (TPSA) is 19.4 Å². The predicted octanol–water partition coefficient (Wildman–Crippen LogP) is 18.1. The van der Waals surface area contributed by atoms with Gasteiger partial charge in [-0.2, -0.15) is 0 Å². The van der Waals surface area contributed by atoms with Gasteiger partial charge in [-0.15, -0.1) is 0 Å². The van der Waals surface area contributed by atoms with Gasteiger partial charge >= 0.3 is 0 Å². The highest BCUT2D eigenvalue weighted by Crippen LogP contribution is 2.51. The highest BCUT2D eigenvalue weighted by Gasteiger charge is 2.35. The monoisotopic (exact) mass is 883 g/mol. The zero-order chi connectivity index (χ0) is 46.3. The minimum atomic E-state index is -0.137. The number of hydrogen-bond acceptors (Lipinski definition) is 3. The number of pyridine rings is 1. The second kappa shape index (κ2) is 17.5. The van der Waals surface area contributed by atoms with Crippen molar-refractivity contribution in [1.29, 1.82) is 0 Å². The summed E-state index contributed by atoms with van der Waals surface area (Å²) in [7, 11) is 0. The standard InChI is InChI=1S/C66H49N3/c1-66(2)62-27-14-13-26-59(62)60-42-41-58(45-63(60)66)69(54-35-33-49(34-36-54)48-31-29-47(30-32-48)46-17-6-3-7-18-46)56-39-37-55(38-40-56)68(53-23-10-5-11-24-53)57-25-16-22-52(43-57)65-61(50-19-8-4-9-20-50)44-51-21-12-15-28-64(51)67-65/h3-45H,1-2H3. The van der Waals surface area contributed by atoms with Gasteiger partial charge in [0.2, 0.25) is 0 Å². The first kappa shape index (κ1) is 41.6. The van der Waals surface area contributed by atoms with Crippen molar-refractivity contribution in [2.75, 3.05) is 9.80 Å². The van der Waals surface area contributed by atoms with Crippen molar-refractivity contribution in [3.8, 4) is 55.8 Å². The molecule has 0 aliphatic heterocycles. The van der Waals surface area contributed by atoms with E-state index in [9.17, 15) is 0 Å². The van der Waals surface area contributed by atoms with Crippen LogP contribution in [-0.2, 0) is 5.41 Å². The van der Waals surface area contributed by atoms with Crippen LogP contribution in [0.2, 0.25) is 0 Å². The molecule has 11 aromatic rings. The van der Waals surface area contributed by atoms with Gasteiger partial charge in [0.25, 0.3) is 0 Å². The molecule has 0 saturated heterocycles. The smallest absolute Gasteiger partial charge is 0.0788 e. The van der Waals surface area contributed by atoms with Crippen LogP contribution >= 0.6 is 0 Å². The molecular weight excluding hydrogens is 835 g/mol. The van der Waals surface area contributed by atoms with Gasteiger partial charge < -0.3 is 9.80 Å². The average molecular weight is 884 g/mol. The summed E-state index contributed by atoms with van der Waals surface area (Å²) in [5, 5.41) is 1.12. The van der Waals surface area contributed by atoms with Crippen molar-refractivity contribution in [3.63, 3.8) is 0 Å². The normalized spacial score (nSPS) is 12.3. The first-order valence-corrected chi connectivity index (χ1v) is 23.8. The third-order valence-electron chi connectivity index (χ3n) is 13.8. The zero-order valence-electron chi connectivity index (χ0n) is 38.7. The van der Waals surface area contributed by atoms with Crippen molar-refractivity contribution < 1.29 is 0 Å². The number of nitrogens with zero attached hydrogens (tertiary/aromatic N) is 3. The van der Waals surface area contributed by atoms with Crippen LogP contribution < -0.4 is 9.80 Å². The van der Waals surface area contributed by atoms with Crippen molar-refractivity contribution in [1.82, 2.24) is 4.98 Å². The molecule has 0 radical (unpaired) electrons. The van der Waals surface area contributed by atoms with E-state index < -0.39 is 0 Å². The fourth-order valence-corrected chi connectivity index (χ4v) is 10.3. The van der Waals surface area contributed by atoms with Crippen molar-refractivity contribution >= 4 is 45.0 Å². The summed E-state index contributed by atoms with van der Waals surface area (Å²) in [6.45, 7) is 4.70. The maximum Gasteiger partial charge on any atom is 0.0788 e. The number of aromatic nitrogens is 1. The largest absolute Gasteiger partial charge is 0.310 e. The molecule has 12 rings (SSSR count). The number of anilines is 6. The van der Waals surface area contributed by atoms with Crippen LogP contribution in [0.3, 0.4) is 0 Å². The Hall–Kier alpha value is -8.79. The fraction of sp³-hybridized carbons (Fsp3) is 0.0455. The Morgan fingerprint density at radius 2 is 0.725 bits per heavy atom. The number of para-hydroxylation sites is 2. The van der Waals surface area contributed by atoms with Crippen molar-refractivity contribution in [3.05, 3.63) is 272 Å². The highest BCUT2D eigenvalue weighted by molar-refractivity contribution is 5.93. The summed E-state index contributed by atoms with van der Waals surface area (Å²) in [4.78, 5) is 10.1. The van der Waals surface area contributed by atoms with Crippen molar-refractivity contribution in [2.24, 2.45) is 0 Å². The molecule has 0 fully saturated rings. The van der Waals surface area contributed by atoms with Crippen LogP contribution in [0.4, 0.5) is 34.1 Å². The number of fused-ring (bicyclic) bond motifs is 4. The van der Waals surface area contributed by atoms with Crippen molar-refractivity contribution in [2.45, 2.75) is 19.3 Å². The van der Waals surface area contributed by atoms with E-state index in [4.69, 9.17) is 4.98 Å². The van der Waals surface area contributed by atoms with E-state index in [2.05, 4.69) is 285 Å². The third kappa shape index (κ3) is 7.74. The van der Waals surface area contributed by atoms with E-state index in [-0.39, 0.29) is 5.41 Å². The average Bonchev–Trinajstić information content (AvgIpc) is 3.65. The first-order valence-electron chi connectivity index (χ1n) is 23.8. The second-order valence-corrected chi connectivity index (χ2v) is 18.4. The van der Waals surface area contributed by atoms with E-state index in [1.165, 1.54) is 44.5 Å². The molecule has 10 aromatic carbocycles. The lowest BCUT2D eigenvalue weighted by Crippen LogP contribution is -2.16. The molecule has 3 heteroatoms. The maximum atomic E-state index is 5.31. The lowest BCUT2D eigenvalue weighted by Gasteiger charge is -2.30. The Labute approximate surface area is 404 Å². The van der Waals surface area contributed by atoms with Crippen LogP contribution in [0.1, 0.15) is 25.0 Å². The molecular formula is C66H49N3. The zero-order valence-corrected chi connectivity index (χ0v) is 38.7. The molecule has 1 aromatic heterocycles. The van der Waals surface area contributed by atoms with Crippen LogP contribution in [0.5, 0.6) is 0 Å². The Bertz CT molecular complexity index is 3600. The van der Waals surface area contributed by atoms with Gasteiger partial charge in [0.15, 0.2) is 0 Å². The Morgan fingerprint density at radius 1 is 0.290 bits per heavy atom. The molecule has 0 amide bonds. The van der Waals surface area contributed by atoms with E-state index in [1.54, 1.807) is 0 Å². The number of hydrogen-bond donors (Lipinski definition) is 0. The summed E-state index contributed by atoms with van der Waals surface area (Å²) in [5.74, 6) is 0. The van der Waals surface area contributed by atoms with Gasteiger partial charge in [0.1, 0.15) is 0 Å². The number of benzene rings is 10. The van der Waals surface area contributed by atoms with Crippen LogP contribution in [-0.4, -0.2) is 4.98 Å². The minimum absolute atomic E-state index is 0.137. The highest BCUT2D eigenvalue weighted by atomic mass is 15.2. The van der Waals surface area contributed by atoms with Crippen LogP contribution in [0.15, 0.2) is 261 Å². The van der Waals surface area contributed by atoms with E-state index >= 15 is 0 Å². The quantitative estimate of drug-likeness (QED) is 0.136.